The molecule has 1 aromatic rings. The average Bonchev–Trinajstić information content (AvgIpc) is 2.16. The van der Waals surface area contributed by atoms with Crippen LogP contribution in [0, 0.1) is 0 Å². The Hall–Kier alpha value is -1.45. The van der Waals surface area contributed by atoms with Crippen LogP contribution in [0.5, 0.6) is 11.5 Å². The molecule has 2 N–H and O–H groups in total. The molecule has 0 amide bonds. The first kappa shape index (κ1) is 9.64. The number of alkyl halides is 1. The molecule has 72 valence electrons. The molecule has 0 saturated carbocycles. The van der Waals surface area contributed by atoms with Gasteiger partial charge < -0.3 is 15.2 Å². The van der Waals surface area contributed by atoms with Crippen molar-refractivity contribution in [3.8, 4) is 11.5 Å². The van der Waals surface area contributed by atoms with E-state index in [1.54, 1.807) is 12.1 Å². The van der Waals surface area contributed by atoms with E-state index in [-0.39, 0.29) is 0 Å². The smallest absolute Gasteiger partial charge is 0.147 e. The Morgan fingerprint density at radius 1 is 1.31 bits per heavy atom. The fourth-order valence-corrected chi connectivity index (χ4v) is 1.15. The Bertz CT molecular complexity index is 302. The van der Waals surface area contributed by atoms with Crippen LogP contribution >= 0.6 is 0 Å². The van der Waals surface area contributed by atoms with E-state index in [9.17, 15) is 4.39 Å². The Morgan fingerprint density at radius 2 is 2.00 bits per heavy atom. The molecule has 1 rings (SSSR count). The minimum Gasteiger partial charge on any atom is -0.497 e. The molecule has 0 spiro atoms. The molecule has 13 heavy (non-hydrogen) atoms. The predicted molar refractivity (Wildman–Crippen MR) is 48.8 cm³/mol. The van der Waals surface area contributed by atoms with E-state index in [0.29, 0.717) is 22.7 Å². The molecule has 0 aliphatic rings. The summed E-state index contributed by atoms with van der Waals surface area (Å²) in [6, 6.07) is 3.16. The van der Waals surface area contributed by atoms with Crippen molar-refractivity contribution < 1.29 is 13.9 Å². The zero-order valence-electron chi connectivity index (χ0n) is 7.63. The van der Waals surface area contributed by atoms with Gasteiger partial charge in [0.2, 0.25) is 0 Å². The molecule has 1 aromatic carbocycles. The summed E-state index contributed by atoms with van der Waals surface area (Å²) in [5.41, 5.74) is 6.40. The van der Waals surface area contributed by atoms with Crippen LogP contribution < -0.4 is 15.2 Å². The number of nitrogen functional groups attached to an aromatic ring is 1. The van der Waals surface area contributed by atoms with Gasteiger partial charge in [-0.05, 0) is 6.07 Å². The zero-order chi connectivity index (χ0) is 9.84. The topological polar surface area (TPSA) is 44.5 Å². The maximum absolute atomic E-state index is 12.5. The first-order chi connectivity index (χ1) is 6.22. The summed E-state index contributed by atoms with van der Waals surface area (Å²) >= 11 is 0. The second-order valence-electron chi connectivity index (χ2n) is 2.54. The highest BCUT2D eigenvalue weighted by molar-refractivity contribution is 5.60. The van der Waals surface area contributed by atoms with Crippen LogP contribution in [-0.4, -0.2) is 14.2 Å². The minimum absolute atomic E-state index is 0.378. The van der Waals surface area contributed by atoms with E-state index >= 15 is 0 Å². The van der Waals surface area contributed by atoms with Crippen molar-refractivity contribution in [1.29, 1.82) is 0 Å². The maximum Gasteiger partial charge on any atom is 0.147 e. The number of ether oxygens (including phenoxy) is 2. The van der Waals surface area contributed by atoms with E-state index in [4.69, 9.17) is 15.2 Å². The normalized spacial score (nSPS) is 9.77. The first-order valence-corrected chi connectivity index (χ1v) is 3.79. The van der Waals surface area contributed by atoms with Crippen LogP contribution in [0.2, 0.25) is 0 Å². The Morgan fingerprint density at radius 3 is 2.46 bits per heavy atom. The van der Waals surface area contributed by atoms with Crippen molar-refractivity contribution in [2.45, 2.75) is 6.67 Å². The molecule has 0 bridgehead atoms. The van der Waals surface area contributed by atoms with Crippen LogP contribution in [0.4, 0.5) is 10.1 Å². The lowest BCUT2D eigenvalue weighted by Gasteiger charge is -2.10. The van der Waals surface area contributed by atoms with Gasteiger partial charge in [0.25, 0.3) is 0 Å². The van der Waals surface area contributed by atoms with E-state index in [0.717, 1.165) is 0 Å². The molecule has 0 aliphatic carbocycles. The van der Waals surface area contributed by atoms with Gasteiger partial charge in [-0.1, -0.05) is 0 Å². The van der Waals surface area contributed by atoms with Crippen LogP contribution in [0.25, 0.3) is 0 Å². The largest absolute Gasteiger partial charge is 0.497 e. The lowest BCUT2D eigenvalue weighted by molar-refractivity contribution is 0.387. The molecule has 0 radical (unpaired) electrons. The Labute approximate surface area is 76.3 Å². The van der Waals surface area contributed by atoms with Gasteiger partial charge in [0.1, 0.15) is 18.2 Å². The molecular weight excluding hydrogens is 173 g/mol. The van der Waals surface area contributed by atoms with Crippen molar-refractivity contribution in [3.05, 3.63) is 17.7 Å². The summed E-state index contributed by atoms with van der Waals surface area (Å²) < 4.78 is 22.4. The van der Waals surface area contributed by atoms with Gasteiger partial charge in [0.05, 0.1) is 19.9 Å². The predicted octanol–water partition coefficient (Wildman–Crippen LogP) is 1.76. The lowest BCUT2D eigenvalue weighted by atomic mass is 10.2. The zero-order valence-corrected chi connectivity index (χ0v) is 7.63. The SMILES string of the molecule is COc1cc(N)c(OC)c(CF)c1. The molecular formula is C9H12FNO2. The van der Waals surface area contributed by atoms with Gasteiger partial charge in [-0.2, -0.15) is 0 Å². The minimum atomic E-state index is -0.620. The third-order valence-electron chi connectivity index (χ3n) is 1.75. The first-order valence-electron chi connectivity index (χ1n) is 3.79. The fraction of sp³-hybridized carbons (Fsp3) is 0.333. The van der Waals surface area contributed by atoms with Crippen molar-refractivity contribution in [2.75, 3.05) is 20.0 Å². The number of methoxy groups -OCH3 is 2. The summed E-state index contributed by atoms with van der Waals surface area (Å²) in [7, 11) is 2.96. The molecule has 0 aliphatic heterocycles. The Balaban J connectivity index is 3.20. The summed E-state index contributed by atoms with van der Waals surface area (Å²) in [5.74, 6) is 0.911. The molecule has 0 heterocycles. The van der Waals surface area contributed by atoms with Gasteiger partial charge in [-0.15, -0.1) is 0 Å². The standard InChI is InChI=1S/C9H12FNO2/c1-12-7-3-6(5-10)9(13-2)8(11)4-7/h3-4H,5,11H2,1-2H3. The van der Waals surface area contributed by atoms with Gasteiger partial charge in [-0.3, -0.25) is 0 Å². The molecule has 0 atom stereocenters. The van der Waals surface area contributed by atoms with Crippen molar-refractivity contribution in [2.24, 2.45) is 0 Å². The number of hydrogen-bond acceptors (Lipinski definition) is 3. The van der Waals surface area contributed by atoms with Crippen LogP contribution in [-0.2, 0) is 6.67 Å². The number of anilines is 1. The number of nitrogens with two attached hydrogens (primary N) is 1. The lowest BCUT2D eigenvalue weighted by Crippen LogP contribution is -1.97. The monoisotopic (exact) mass is 185 g/mol. The van der Waals surface area contributed by atoms with Gasteiger partial charge in [-0.25, -0.2) is 4.39 Å². The summed E-state index contributed by atoms with van der Waals surface area (Å²) in [5, 5.41) is 0. The number of hydrogen-bond donors (Lipinski definition) is 1. The van der Waals surface area contributed by atoms with Crippen molar-refractivity contribution in [1.82, 2.24) is 0 Å². The van der Waals surface area contributed by atoms with Gasteiger partial charge >= 0.3 is 0 Å². The quantitative estimate of drug-likeness (QED) is 0.729. The molecule has 0 aromatic heterocycles. The van der Waals surface area contributed by atoms with Crippen LogP contribution in [0.1, 0.15) is 5.56 Å². The second-order valence-corrected chi connectivity index (χ2v) is 2.54. The second kappa shape index (κ2) is 3.98. The van der Waals surface area contributed by atoms with Gasteiger partial charge in [0, 0.05) is 11.6 Å². The number of benzene rings is 1. The van der Waals surface area contributed by atoms with Gasteiger partial charge in [0.15, 0.2) is 0 Å². The molecule has 4 heteroatoms. The maximum atomic E-state index is 12.5. The third kappa shape index (κ3) is 1.83. The highest BCUT2D eigenvalue weighted by atomic mass is 19.1. The highest BCUT2D eigenvalue weighted by Crippen LogP contribution is 2.31. The van der Waals surface area contributed by atoms with Crippen LogP contribution in [0.3, 0.4) is 0 Å². The Kier molecular flexibility index (Phi) is 2.95. The fourth-order valence-electron chi connectivity index (χ4n) is 1.15. The molecule has 0 fully saturated rings. The third-order valence-corrected chi connectivity index (χ3v) is 1.75. The highest BCUT2D eigenvalue weighted by Gasteiger charge is 2.09. The molecule has 0 unspecified atom stereocenters. The molecule has 0 saturated heterocycles. The average molecular weight is 185 g/mol. The van der Waals surface area contributed by atoms with E-state index in [1.165, 1.54) is 14.2 Å². The van der Waals surface area contributed by atoms with E-state index < -0.39 is 6.67 Å². The number of rotatable bonds is 3. The van der Waals surface area contributed by atoms with Crippen molar-refractivity contribution in [3.63, 3.8) is 0 Å². The van der Waals surface area contributed by atoms with Crippen LogP contribution in [0.15, 0.2) is 12.1 Å². The summed E-state index contributed by atoms with van der Waals surface area (Å²) in [6.45, 7) is -0.620. The summed E-state index contributed by atoms with van der Waals surface area (Å²) in [6.07, 6.45) is 0. The summed E-state index contributed by atoms with van der Waals surface area (Å²) in [4.78, 5) is 0. The van der Waals surface area contributed by atoms with E-state index in [1.807, 2.05) is 0 Å². The molecule has 3 nitrogen and oxygen atoms in total. The van der Waals surface area contributed by atoms with Crippen molar-refractivity contribution >= 4 is 5.69 Å². The van der Waals surface area contributed by atoms with E-state index in [2.05, 4.69) is 0 Å². The number of halogens is 1.